The van der Waals surface area contributed by atoms with Crippen molar-refractivity contribution in [3.8, 4) is 0 Å². The zero-order chi connectivity index (χ0) is 11.1. The number of anilines is 1. The molecule has 2 N–H and O–H groups in total. The maximum Gasteiger partial charge on any atom is 0.269 e. The van der Waals surface area contributed by atoms with Crippen molar-refractivity contribution in [2.75, 3.05) is 25.0 Å². The highest BCUT2D eigenvalue weighted by molar-refractivity contribution is 5.48. The van der Waals surface area contributed by atoms with E-state index in [1.807, 2.05) is 6.92 Å². The molecule has 0 aromatic heterocycles. The van der Waals surface area contributed by atoms with Crippen molar-refractivity contribution < 1.29 is 17.3 Å². The standard InChI is InChI=1S/C10H15N3O2.ClH/c1-2-11-7-8-12-9-3-5-10(6-4-9)13(14)15;/h3-6,11-12H,2,7-8H2,1H3;1H/p-1. The molecule has 0 unspecified atom stereocenters. The summed E-state index contributed by atoms with van der Waals surface area (Å²) in [5, 5.41) is 16.7. The van der Waals surface area contributed by atoms with Gasteiger partial charge in [0.15, 0.2) is 0 Å². The number of rotatable bonds is 6. The number of hydrogen-bond acceptors (Lipinski definition) is 4. The number of non-ortho nitro benzene ring substituents is 1. The fourth-order valence-corrected chi connectivity index (χ4v) is 1.17. The van der Waals surface area contributed by atoms with Gasteiger partial charge < -0.3 is 23.0 Å². The zero-order valence-electron chi connectivity index (χ0n) is 9.07. The van der Waals surface area contributed by atoms with Gasteiger partial charge in [0.05, 0.1) is 4.92 Å². The van der Waals surface area contributed by atoms with E-state index in [9.17, 15) is 10.1 Å². The summed E-state index contributed by atoms with van der Waals surface area (Å²) in [4.78, 5) is 9.99. The van der Waals surface area contributed by atoms with Gasteiger partial charge in [0, 0.05) is 30.9 Å². The van der Waals surface area contributed by atoms with Crippen LogP contribution in [0.25, 0.3) is 0 Å². The van der Waals surface area contributed by atoms with Gasteiger partial charge in [-0.3, -0.25) is 10.1 Å². The monoisotopic (exact) mass is 244 g/mol. The normalized spacial score (nSPS) is 9.31. The van der Waals surface area contributed by atoms with Crippen LogP contribution in [0, 0.1) is 10.1 Å². The third kappa shape index (κ3) is 4.95. The summed E-state index contributed by atoms with van der Waals surface area (Å²) in [5.41, 5.74) is 1.02. The van der Waals surface area contributed by atoms with Gasteiger partial charge in [-0.1, -0.05) is 6.92 Å². The lowest BCUT2D eigenvalue weighted by molar-refractivity contribution is -0.384. The van der Waals surface area contributed by atoms with E-state index >= 15 is 0 Å². The summed E-state index contributed by atoms with van der Waals surface area (Å²) < 4.78 is 0. The van der Waals surface area contributed by atoms with Crippen molar-refractivity contribution in [2.45, 2.75) is 6.92 Å². The van der Waals surface area contributed by atoms with E-state index in [1.54, 1.807) is 12.1 Å². The van der Waals surface area contributed by atoms with Crippen LogP contribution in [0.4, 0.5) is 11.4 Å². The lowest BCUT2D eigenvalue weighted by Crippen LogP contribution is -3.00. The number of nitro groups is 1. The van der Waals surface area contributed by atoms with E-state index in [-0.39, 0.29) is 18.1 Å². The van der Waals surface area contributed by atoms with Crippen LogP contribution in [0.1, 0.15) is 6.92 Å². The Labute approximate surface area is 101 Å². The minimum Gasteiger partial charge on any atom is -1.00 e. The number of halogens is 1. The molecule has 5 nitrogen and oxygen atoms in total. The molecule has 6 heteroatoms. The summed E-state index contributed by atoms with van der Waals surface area (Å²) in [7, 11) is 0. The first-order chi connectivity index (χ1) is 7.24. The molecule has 0 heterocycles. The van der Waals surface area contributed by atoms with E-state index in [2.05, 4.69) is 10.6 Å². The topological polar surface area (TPSA) is 67.2 Å². The summed E-state index contributed by atoms with van der Waals surface area (Å²) in [6.07, 6.45) is 0. The number of benzene rings is 1. The predicted octanol–water partition coefficient (Wildman–Crippen LogP) is -1.38. The Kier molecular flexibility index (Phi) is 7.24. The van der Waals surface area contributed by atoms with Crippen molar-refractivity contribution in [1.82, 2.24) is 5.32 Å². The molecule has 0 aliphatic heterocycles. The van der Waals surface area contributed by atoms with Crippen molar-refractivity contribution in [3.05, 3.63) is 34.4 Å². The van der Waals surface area contributed by atoms with Crippen LogP contribution < -0.4 is 23.0 Å². The molecule has 16 heavy (non-hydrogen) atoms. The van der Waals surface area contributed by atoms with E-state index in [0.29, 0.717) is 0 Å². The maximum atomic E-state index is 10.4. The molecule has 1 aromatic carbocycles. The summed E-state index contributed by atoms with van der Waals surface area (Å²) in [6.45, 7) is 4.69. The Balaban J connectivity index is 0.00000225. The number of hydrogen-bond donors (Lipinski definition) is 2. The Bertz CT molecular complexity index is 316. The molecule has 0 saturated heterocycles. The fraction of sp³-hybridized carbons (Fsp3) is 0.400. The van der Waals surface area contributed by atoms with Gasteiger partial charge in [-0.2, -0.15) is 0 Å². The maximum absolute atomic E-state index is 10.4. The largest absolute Gasteiger partial charge is 1.00 e. The quantitative estimate of drug-likeness (QED) is 0.368. The summed E-state index contributed by atoms with van der Waals surface area (Å²) in [5.74, 6) is 0. The Morgan fingerprint density at radius 2 is 1.88 bits per heavy atom. The van der Waals surface area contributed by atoms with Gasteiger partial charge in [-0.15, -0.1) is 0 Å². The number of likely N-dealkylation sites (N-methyl/N-ethyl adjacent to an activating group) is 1. The predicted molar refractivity (Wildman–Crippen MR) is 60.1 cm³/mol. The van der Waals surface area contributed by atoms with Gasteiger partial charge >= 0.3 is 0 Å². The van der Waals surface area contributed by atoms with Gasteiger partial charge in [0.2, 0.25) is 0 Å². The molecule has 1 rings (SSSR count). The van der Waals surface area contributed by atoms with Crippen molar-refractivity contribution in [3.63, 3.8) is 0 Å². The minimum atomic E-state index is -0.400. The van der Waals surface area contributed by atoms with Crippen LogP contribution >= 0.6 is 0 Å². The number of nitrogens with one attached hydrogen (secondary N) is 2. The number of nitro benzene ring substituents is 1. The van der Waals surface area contributed by atoms with Crippen molar-refractivity contribution in [2.24, 2.45) is 0 Å². The van der Waals surface area contributed by atoms with Crippen LogP contribution in [-0.4, -0.2) is 24.6 Å². The Hall–Kier alpha value is -1.33. The first kappa shape index (κ1) is 14.7. The summed E-state index contributed by atoms with van der Waals surface area (Å²) >= 11 is 0. The lowest BCUT2D eigenvalue weighted by Gasteiger charge is -2.05. The SMILES string of the molecule is CCNCCNc1ccc([N+](=O)[O-])cc1.[Cl-]. The van der Waals surface area contributed by atoms with Crippen molar-refractivity contribution >= 4 is 11.4 Å². The average molecular weight is 245 g/mol. The summed E-state index contributed by atoms with van der Waals surface area (Å²) in [6, 6.07) is 6.42. The second kappa shape index (κ2) is 7.90. The number of nitrogens with zero attached hydrogens (tertiary/aromatic N) is 1. The van der Waals surface area contributed by atoms with Gasteiger partial charge in [0.25, 0.3) is 5.69 Å². The molecule has 0 radical (unpaired) electrons. The van der Waals surface area contributed by atoms with Gasteiger partial charge in [-0.05, 0) is 18.7 Å². The van der Waals surface area contributed by atoms with Crippen LogP contribution in [-0.2, 0) is 0 Å². The second-order valence-corrected chi connectivity index (χ2v) is 3.08. The molecule has 0 saturated carbocycles. The highest BCUT2D eigenvalue weighted by Gasteiger charge is 2.02. The van der Waals surface area contributed by atoms with Gasteiger partial charge in [-0.25, -0.2) is 0 Å². The minimum absolute atomic E-state index is 0. The van der Waals surface area contributed by atoms with Crippen LogP contribution in [0.15, 0.2) is 24.3 Å². The van der Waals surface area contributed by atoms with Gasteiger partial charge in [0.1, 0.15) is 0 Å². The van der Waals surface area contributed by atoms with E-state index in [1.165, 1.54) is 12.1 Å². The van der Waals surface area contributed by atoms with E-state index in [0.717, 1.165) is 25.3 Å². The average Bonchev–Trinajstić information content (AvgIpc) is 2.25. The molecular formula is C10H15ClN3O2-. The van der Waals surface area contributed by atoms with Crippen molar-refractivity contribution in [1.29, 1.82) is 0 Å². The first-order valence-corrected chi connectivity index (χ1v) is 4.93. The molecule has 0 aliphatic rings. The molecule has 0 aliphatic carbocycles. The molecule has 0 atom stereocenters. The molecule has 1 aromatic rings. The Morgan fingerprint density at radius 1 is 1.25 bits per heavy atom. The van der Waals surface area contributed by atoms with Crippen LogP contribution in [0.2, 0.25) is 0 Å². The smallest absolute Gasteiger partial charge is 0.269 e. The highest BCUT2D eigenvalue weighted by Crippen LogP contribution is 2.14. The van der Waals surface area contributed by atoms with E-state index in [4.69, 9.17) is 0 Å². The molecule has 0 fully saturated rings. The molecular weight excluding hydrogens is 230 g/mol. The van der Waals surface area contributed by atoms with Crippen LogP contribution in [0.5, 0.6) is 0 Å². The third-order valence-corrected chi connectivity index (χ3v) is 1.96. The molecule has 90 valence electrons. The van der Waals surface area contributed by atoms with Crippen LogP contribution in [0.3, 0.4) is 0 Å². The van der Waals surface area contributed by atoms with E-state index < -0.39 is 4.92 Å². The lowest BCUT2D eigenvalue weighted by atomic mass is 10.3. The molecule has 0 amide bonds. The highest BCUT2D eigenvalue weighted by atomic mass is 35.5. The Morgan fingerprint density at radius 3 is 2.38 bits per heavy atom. The second-order valence-electron chi connectivity index (χ2n) is 3.08. The first-order valence-electron chi connectivity index (χ1n) is 4.93. The molecule has 0 bridgehead atoms. The molecule has 0 spiro atoms. The zero-order valence-corrected chi connectivity index (χ0v) is 9.83. The third-order valence-electron chi connectivity index (χ3n) is 1.96. The fourth-order valence-electron chi connectivity index (χ4n) is 1.17.